The maximum Gasteiger partial charge on any atom is 0.319 e. The van der Waals surface area contributed by atoms with Crippen molar-refractivity contribution in [3.63, 3.8) is 0 Å². The number of amides is 7. The lowest BCUT2D eigenvalue weighted by Gasteiger charge is -2.39. The monoisotopic (exact) mass is 673 g/mol. The van der Waals surface area contributed by atoms with Crippen molar-refractivity contribution < 1.29 is 28.8 Å². The molecule has 0 radical (unpaired) electrons. The Morgan fingerprint density at radius 2 is 1.73 bits per heavy atom. The first-order chi connectivity index (χ1) is 22.4. The number of nitrogens with one attached hydrogen (secondary N) is 4. The number of urea groups is 2. The maximum atomic E-state index is 14.4. The highest BCUT2D eigenvalue weighted by atomic mass is 16.2. The lowest BCUT2D eigenvalue weighted by atomic mass is 9.85. The second-order valence-corrected chi connectivity index (χ2v) is 15.7. The minimum Gasteiger partial charge on any atom is -0.346 e. The normalized spacial score (nSPS) is 23.5. The zero-order valence-electron chi connectivity index (χ0n) is 30.5. The van der Waals surface area contributed by atoms with E-state index in [4.69, 9.17) is 0 Å². The van der Waals surface area contributed by atoms with E-state index in [1.165, 1.54) is 6.08 Å². The molecule has 0 aromatic rings. The number of unbranched alkanes of at least 4 members (excludes halogenated alkanes) is 1. The number of likely N-dealkylation sites (tertiary alicyclic amines) is 1. The molecule has 2 aliphatic heterocycles. The molecule has 2 heterocycles. The highest BCUT2D eigenvalue weighted by Crippen LogP contribution is 2.65. The predicted octanol–water partition coefficient (Wildman–Crippen LogP) is 2.51. The molecular weight excluding hydrogens is 614 g/mol. The standard InChI is InChI=1S/C35H59N7O6/c1-11-13-15-23(27(43)30(45)36-16-12-2)37-29(44)26-25-22(35(25,8)9)19-42(26)31(46)28(34(5,6)7)39-32(47)38-24(21(3)4)20-41-18-14-17-40(10)33(41)48/h12,21-26,28H,2,11,13-20H2,1,3-10H3,(H,36,45)(H,37,44)(H2,38,39,47)/t22-,23?,24+,25-,26-,28+/m0/s1. The van der Waals surface area contributed by atoms with Gasteiger partial charge >= 0.3 is 12.1 Å². The van der Waals surface area contributed by atoms with Crippen molar-refractivity contribution in [2.75, 3.05) is 39.8 Å². The highest BCUT2D eigenvalue weighted by Gasteiger charge is 2.70. The van der Waals surface area contributed by atoms with Gasteiger partial charge in [0.25, 0.3) is 5.91 Å². The van der Waals surface area contributed by atoms with Crippen LogP contribution in [0.1, 0.15) is 81.1 Å². The zero-order valence-corrected chi connectivity index (χ0v) is 30.5. The van der Waals surface area contributed by atoms with Crippen LogP contribution in [0.4, 0.5) is 9.59 Å². The number of carbonyl (C=O) groups is 6. The highest BCUT2D eigenvalue weighted by molar-refractivity contribution is 6.38. The Labute approximate surface area is 286 Å². The summed E-state index contributed by atoms with van der Waals surface area (Å²) in [5.74, 6) is -2.40. The van der Waals surface area contributed by atoms with Crippen LogP contribution < -0.4 is 21.3 Å². The van der Waals surface area contributed by atoms with E-state index in [0.29, 0.717) is 39.0 Å². The third kappa shape index (κ3) is 8.87. The molecule has 13 heteroatoms. The lowest BCUT2D eigenvalue weighted by molar-refractivity contribution is -0.145. The van der Waals surface area contributed by atoms with E-state index in [1.807, 2.05) is 41.5 Å². The first kappa shape index (κ1) is 38.8. The van der Waals surface area contributed by atoms with Gasteiger partial charge in [0.15, 0.2) is 0 Å². The van der Waals surface area contributed by atoms with Gasteiger partial charge in [-0.2, -0.15) is 0 Å². The van der Waals surface area contributed by atoms with E-state index in [1.54, 1.807) is 21.7 Å². The Balaban J connectivity index is 1.79. The third-order valence-corrected chi connectivity index (χ3v) is 10.3. The lowest BCUT2D eigenvalue weighted by Crippen LogP contribution is -2.62. The van der Waals surface area contributed by atoms with E-state index in [9.17, 15) is 28.8 Å². The summed E-state index contributed by atoms with van der Waals surface area (Å²) >= 11 is 0. The Hall–Kier alpha value is -3.64. The first-order valence-electron chi connectivity index (χ1n) is 17.5. The van der Waals surface area contributed by atoms with Crippen molar-refractivity contribution in [1.82, 2.24) is 36.0 Å². The van der Waals surface area contributed by atoms with Crippen LogP contribution in [0, 0.1) is 28.6 Å². The van der Waals surface area contributed by atoms with E-state index >= 15 is 0 Å². The fraction of sp³-hybridized carbons (Fsp3) is 0.771. The SMILES string of the molecule is C=CCNC(=O)C(=O)C(CCCC)NC(=O)[C@@H]1[C@@H]2[C@H](CN1C(=O)[C@@H](NC(=O)N[C@H](CN1CCCN(C)C1=O)C(C)C)C(C)(C)C)C2(C)C. The van der Waals surface area contributed by atoms with Gasteiger partial charge in [-0.25, -0.2) is 9.59 Å². The number of fused-ring (bicyclic) bond motifs is 1. The Bertz CT molecular complexity index is 1240. The number of carbonyl (C=O) groups excluding carboxylic acids is 6. The maximum absolute atomic E-state index is 14.4. The second-order valence-electron chi connectivity index (χ2n) is 15.7. The summed E-state index contributed by atoms with van der Waals surface area (Å²) in [4.78, 5) is 85.1. The molecule has 270 valence electrons. The smallest absolute Gasteiger partial charge is 0.319 e. The predicted molar refractivity (Wildman–Crippen MR) is 184 cm³/mol. The van der Waals surface area contributed by atoms with Gasteiger partial charge in [-0.3, -0.25) is 19.2 Å². The molecule has 4 N–H and O–H groups in total. The Morgan fingerprint density at radius 1 is 1.06 bits per heavy atom. The van der Waals surface area contributed by atoms with Crippen molar-refractivity contribution in [1.29, 1.82) is 0 Å². The van der Waals surface area contributed by atoms with Gasteiger partial charge in [0, 0.05) is 39.8 Å². The van der Waals surface area contributed by atoms with Crippen molar-refractivity contribution in [2.24, 2.45) is 28.6 Å². The molecule has 0 spiro atoms. The van der Waals surface area contributed by atoms with Gasteiger partial charge in [-0.05, 0) is 41.4 Å². The molecule has 3 rings (SSSR count). The summed E-state index contributed by atoms with van der Waals surface area (Å²) in [6.45, 7) is 21.3. The zero-order chi connectivity index (χ0) is 36.1. The second kappa shape index (κ2) is 15.7. The van der Waals surface area contributed by atoms with Gasteiger partial charge in [0.1, 0.15) is 12.1 Å². The van der Waals surface area contributed by atoms with Crippen LogP contribution in [0.2, 0.25) is 0 Å². The van der Waals surface area contributed by atoms with Crippen LogP contribution in [0.25, 0.3) is 0 Å². The summed E-state index contributed by atoms with van der Waals surface area (Å²) in [7, 11) is 1.76. The molecular formula is C35H59N7O6. The van der Waals surface area contributed by atoms with Crippen LogP contribution in [0.3, 0.4) is 0 Å². The van der Waals surface area contributed by atoms with Crippen LogP contribution in [-0.4, -0.2) is 114 Å². The number of rotatable bonds is 15. The van der Waals surface area contributed by atoms with Gasteiger partial charge in [0.2, 0.25) is 17.6 Å². The molecule has 6 atom stereocenters. The van der Waals surface area contributed by atoms with Crippen LogP contribution in [0.5, 0.6) is 0 Å². The van der Waals surface area contributed by atoms with Gasteiger partial charge in [-0.15, -0.1) is 6.58 Å². The molecule has 1 aliphatic carbocycles. The van der Waals surface area contributed by atoms with E-state index in [0.717, 1.165) is 12.8 Å². The van der Waals surface area contributed by atoms with E-state index < -0.39 is 47.2 Å². The van der Waals surface area contributed by atoms with Gasteiger partial charge in [0.05, 0.1) is 12.1 Å². The first-order valence-corrected chi connectivity index (χ1v) is 17.5. The summed E-state index contributed by atoms with van der Waals surface area (Å²) in [6.07, 6.45) is 4.01. The van der Waals surface area contributed by atoms with Crippen molar-refractivity contribution in [3.8, 4) is 0 Å². The molecule has 0 aromatic heterocycles. The minimum absolute atomic E-state index is 0.0165. The largest absolute Gasteiger partial charge is 0.346 e. The molecule has 0 aromatic carbocycles. The van der Waals surface area contributed by atoms with Crippen molar-refractivity contribution >= 4 is 35.6 Å². The van der Waals surface area contributed by atoms with Crippen LogP contribution in [-0.2, 0) is 19.2 Å². The molecule has 2 saturated heterocycles. The van der Waals surface area contributed by atoms with E-state index in [2.05, 4.69) is 41.7 Å². The third-order valence-electron chi connectivity index (χ3n) is 10.3. The van der Waals surface area contributed by atoms with Crippen molar-refractivity contribution in [2.45, 2.75) is 105 Å². The summed E-state index contributed by atoms with van der Waals surface area (Å²) in [5, 5.41) is 11.2. The van der Waals surface area contributed by atoms with Gasteiger partial charge < -0.3 is 36.0 Å². The van der Waals surface area contributed by atoms with Crippen LogP contribution >= 0.6 is 0 Å². The van der Waals surface area contributed by atoms with Crippen LogP contribution in [0.15, 0.2) is 12.7 Å². The number of hydrogen-bond acceptors (Lipinski definition) is 6. The summed E-state index contributed by atoms with van der Waals surface area (Å²) in [5.41, 5.74) is -0.894. The Morgan fingerprint density at radius 3 is 2.31 bits per heavy atom. The van der Waals surface area contributed by atoms with E-state index in [-0.39, 0.29) is 47.7 Å². The van der Waals surface area contributed by atoms with Gasteiger partial charge in [-0.1, -0.05) is 74.3 Å². The summed E-state index contributed by atoms with van der Waals surface area (Å²) < 4.78 is 0. The topological polar surface area (TPSA) is 160 Å². The Kier molecular flexibility index (Phi) is 12.7. The number of ketones is 1. The molecule has 13 nitrogen and oxygen atoms in total. The molecule has 1 unspecified atom stereocenters. The minimum atomic E-state index is -1.03. The number of Topliss-reactive ketones (excluding diaryl/α,β-unsaturated/α-hetero) is 1. The average molecular weight is 674 g/mol. The molecule has 7 amide bonds. The average Bonchev–Trinajstić information content (AvgIpc) is 3.32. The molecule has 3 fully saturated rings. The number of hydrogen-bond donors (Lipinski definition) is 4. The fourth-order valence-corrected chi connectivity index (χ4v) is 7.07. The quantitative estimate of drug-likeness (QED) is 0.154. The van der Waals surface area contributed by atoms with Crippen molar-refractivity contribution in [3.05, 3.63) is 12.7 Å². The number of nitrogens with zero attached hydrogens (tertiary/aromatic N) is 3. The molecule has 48 heavy (non-hydrogen) atoms. The number of piperidine rings is 1. The molecule has 0 bridgehead atoms. The molecule has 3 aliphatic rings. The molecule has 1 saturated carbocycles. The fourth-order valence-electron chi connectivity index (χ4n) is 7.07. The summed E-state index contributed by atoms with van der Waals surface area (Å²) in [6, 6.07) is -3.80.